The zero-order chi connectivity index (χ0) is 10.7. The van der Waals surface area contributed by atoms with Gasteiger partial charge in [-0.05, 0) is 30.3 Å². The van der Waals surface area contributed by atoms with Crippen molar-refractivity contribution in [3.8, 4) is 0 Å². The lowest BCUT2D eigenvalue weighted by atomic mass is 10.3. The highest BCUT2D eigenvalue weighted by Crippen LogP contribution is 2.25. The molecule has 1 aromatic heterocycles. The molecule has 0 unspecified atom stereocenters. The van der Waals surface area contributed by atoms with Crippen molar-refractivity contribution < 1.29 is 4.42 Å². The molecule has 0 saturated carbocycles. The van der Waals surface area contributed by atoms with Gasteiger partial charge in [-0.15, -0.1) is 0 Å². The predicted octanol–water partition coefficient (Wildman–Crippen LogP) is 4.31. The van der Waals surface area contributed by atoms with Crippen molar-refractivity contribution in [2.75, 3.05) is 5.32 Å². The lowest BCUT2D eigenvalue weighted by Gasteiger charge is -2.06. The minimum atomic E-state index is 0.633. The van der Waals surface area contributed by atoms with Crippen LogP contribution in [0.15, 0.2) is 45.5 Å². The molecule has 1 N–H and O–H groups in total. The van der Waals surface area contributed by atoms with Gasteiger partial charge in [0.2, 0.25) is 0 Å². The Bertz CT molecular complexity index is 442. The summed E-state index contributed by atoms with van der Waals surface area (Å²) in [5.74, 6) is 0.883. The molecule has 0 amide bonds. The molecule has 0 aliphatic heterocycles. The van der Waals surface area contributed by atoms with Gasteiger partial charge < -0.3 is 9.73 Å². The maximum absolute atomic E-state index is 6.05. The van der Waals surface area contributed by atoms with Gasteiger partial charge in [0.1, 0.15) is 5.76 Å². The van der Waals surface area contributed by atoms with Crippen molar-refractivity contribution in [3.63, 3.8) is 0 Å². The molecule has 0 bridgehead atoms. The summed E-state index contributed by atoms with van der Waals surface area (Å²) in [6.45, 7) is 0.633. The van der Waals surface area contributed by atoms with Gasteiger partial charge in [-0.25, -0.2) is 0 Å². The Morgan fingerprint density at radius 2 is 2.20 bits per heavy atom. The van der Waals surface area contributed by atoms with Gasteiger partial charge in [0.25, 0.3) is 0 Å². The van der Waals surface area contributed by atoms with Crippen molar-refractivity contribution in [1.82, 2.24) is 0 Å². The van der Waals surface area contributed by atoms with E-state index in [1.54, 1.807) is 6.26 Å². The summed E-state index contributed by atoms with van der Waals surface area (Å²) in [7, 11) is 0. The third-order valence-electron chi connectivity index (χ3n) is 1.96. The molecule has 2 rings (SSSR count). The van der Waals surface area contributed by atoms with Crippen molar-refractivity contribution in [1.29, 1.82) is 0 Å². The normalized spacial score (nSPS) is 10.3. The molecular weight excluding hydrogens is 277 g/mol. The smallest absolute Gasteiger partial charge is 0.122 e. The second kappa shape index (κ2) is 4.73. The largest absolute Gasteiger partial charge is 0.467 e. The van der Waals surface area contributed by atoms with Gasteiger partial charge in [-0.3, -0.25) is 0 Å². The lowest BCUT2D eigenvalue weighted by Crippen LogP contribution is -1.98. The van der Waals surface area contributed by atoms with Crippen LogP contribution in [0.5, 0.6) is 0 Å². The van der Waals surface area contributed by atoms with Gasteiger partial charge >= 0.3 is 0 Å². The van der Waals surface area contributed by atoms with E-state index < -0.39 is 0 Å². The second-order valence-electron chi connectivity index (χ2n) is 3.06. The van der Waals surface area contributed by atoms with E-state index in [4.69, 9.17) is 16.0 Å². The molecule has 0 spiro atoms. The van der Waals surface area contributed by atoms with Crippen LogP contribution in [0, 0.1) is 0 Å². The first kappa shape index (κ1) is 10.6. The average Bonchev–Trinajstić information content (AvgIpc) is 2.69. The van der Waals surface area contributed by atoms with Crippen LogP contribution >= 0.6 is 27.5 Å². The number of furan rings is 1. The molecule has 4 heteroatoms. The summed E-state index contributed by atoms with van der Waals surface area (Å²) in [4.78, 5) is 0. The first-order valence-corrected chi connectivity index (χ1v) is 5.64. The van der Waals surface area contributed by atoms with Crippen molar-refractivity contribution in [2.45, 2.75) is 6.54 Å². The Morgan fingerprint density at radius 3 is 2.87 bits per heavy atom. The first-order valence-electron chi connectivity index (χ1n) is 4.47. The molecule has 2 nitrogen and oxygen atoms in total. The highest BCUT2D eigenvalue weighted by molar-refractivity contribution is 9.10. The molecule has 0 aliphatic rings. The summed E-state index contributed by atoms with van der Waals surface area (Å²) in [5, 5.41) is 3.89. The van der Waals surface area contributed by atoms with Gasteiger partial charge in [-0.2, -0.15) is 0 Å². The lowest BCUT2D eigenvalue weighted by molar-refractivity contribution is 0.518. The Kier molecular flexibility index (Phi) is 3.34. The Balaban J connectivity index is 2.05. The maximum Gasteiger partial charge on any atom is 0.122 e. The van der Waals surface area contributed by atoms with Crippen LogP contribution in [0.25, 0.3) is 0 Å². The summed E-state index contributed by atoms with van der Waals surface area (Å²) in [5.41, 5.74) is 0.899. The number of hydrogen-bond acceptors (Lipinski definition) is 2. The minimum absolute atomic E-state index is 0.633. The molecule has 1 aromatic carbocycles. The Labute approximate surface area is 101 Å². The summed E-state index contributed by atoms with van der Waals surface area (Å²) < 4.78 is 6.17. The van der Waals surface area contributed by atoms with Crippen LogP contribution < -0.4 is 5.32 Å². The number of halogens is 2. The van der Waals surface area contributed by atoms with Crippen molar-refractivity contribution in [2.24, 2.45) is 0 Å². The van der Waals surface area contributed by atoms with E-state index >= 15 is 0 Å². The number of anilines is 1. The SMILES string of the molecule is Clc1cc(Br)ccc1NCc1ccco1. The molecule has 15 heavy (non-hydrogen) atoms. The number of nitrogens with one attached hydrogen (secondary N) is 1. The number of benzene rings is 1. The van der Waals surface area contributed by atoms with Gasteiger partial charge in [0.15, 0.2) is 0 Å². The van der Waals surface area contributed by atoms with Gasteiger partial charge in [0, 0.05) is 4.47 Å². The van der Waals surface area contributed by atoms with E-state index in [0.717, 1.165) is 15.9 Å². The van der Waals surface area contributed by atoms with Crippen LogP contribution in [0.2, 0.25) is 5.02 Å². The zero-order valence-corrected chi connectivity index (χ0v) is 10.2. The molecule has 78 valence electrons. The fourth-order valence-electron chi connectivity index (χ4n) is 1.23. The molecular formula is C11H9BrClNO. The maximum atomic E-state index is 6.05. The van der Waals surface area contributed by atoms with E-state index in [9.17, 15) is 0 Å². The van der Waals surface area contributed by atoms with Crippen LogP contribution in [0.3, 0.4) is 0 Å². The van der Waals surface area contributed by atoms with Crippen LogP contribution in [-0.4, -0.2) is 0 Å². The Morgan fingerprint density at radius 1 is 1.33 bits per heavy atom. The molecule has 0 fully saturated rings. The highest BCUT2D eigenvalue weighted by atomic mass is 79.9. The fraction of sp³-hybridized carbons (Fsp3) is 0.0909. The number of rotatable bonds is 3. The third-order valence-corrected chi connectivity index (χ3v) is 2.77. The quantitative estimate of drug-likeness (QED) is 0.909. The molecule has 2 aromatic rings. The van der Waals surface area contributed by atoms with Gasteiger partial charge in [0.05, 0.1) is 23.5 Å². The van der Waals surface area contributed by atoms with E-state index in [1.165, 1.54) is 0 Å². The summed E-state index contributed by atoms with van der Waals surface area (Å²) >= 11 is 9.40. The van der Waals surface area contributed by atoms with Crippen LogP contribution in [-0.2, 0) is 6.54 Å². The molecule has 0 radical (unpaired) electrons. The highest BCUT2D eigenvalue weighted by Gasteiger charge is 2.01. The second-order valence-corrected chi connectivity index (χ2v) is 4.38. The predicted molar refractivity (Wildman–Crippen MR) is 65.2 cm³/mol. The number of hydrogen-bond donors (Lipinski definition) is 1. The Hall–Kier alpha value is -0.930. The zero-order valence-electron chi connectivity index (χ0n) is 7.84. The van der Waals surface area contributed by atoms with Crippen LogP contribution in [0.1, 0.15) is 5.76 Å². The fourth-order valence-corrected chi connectivity index (χ4v) is 1.97. The summed E-state index contributed by atoms with van der Waals surface area (Å²) in [6.07, 6.45) is 1.65. The van der Waals surface area contributed by atoms with Crippen molar-refractivity contribution in [3.05, 3.63) is 51.9 Å². The first-order chi connectivity index (χ1) is 7.25. The van der Waals surface area contributed by atoms with Gasteiger partial charge in [-0.1, -0.05) is 27.5 Å². The van der Waals surface area contributed by atoms with E-state index in [2.05, 4.69) is 21.2 Å². The minimum Gasteiger partial charge on any atom is -0.467 e. The van der Waals surface area contributed by atoms with E-state index in [0.29, 0.717) is 11.6 Å². The average molecular weight is 287 g/mol. The topological polar surface area (TPSA) is 25.2 Å². The third kappa shape index (κ3) is 2.76. The standard InChI is InChI=1S/C11H9BrClNO/c12-8-3-4-11(10(13)6-8)14-7-9-2-1-5-15-9/h1-6,14H,7H2. The molecule has 0 atom stereocenters. The van der Waals surface area contributed by atoms with E-state index in [1.807, 2.05) is 30.3 Å². The molecule has 1 heterocycles. The molecule has 0 saturated heterocycles. The molecule has 0 aliphatic carbocycles. The summed E-state index contributed by atoms with van der Waals surface area (Å²) in [6, 6.07) is 9.50. The van der Waals surface area contributed by atoms with E-state index in [-0.39, 0.29) is 0 Å². The van der Waals surface area contributed by atoms with Crippen molar-refractivity contribution >= 4 is 33.2 Å². The monoisotopic (exact) mass is 285 g/mol. The van der Waals surface area contributed by atoms with Crippen LogP contribution in [0.4, 0.5) is 5.69 Å².